The van der Waals surface area contributed by atoms with Crippen LogP contribution in [0.15, 0.2) is 0 Å². The summed E-state index contributed by atoms with van der Waals surface area (Å²) in [6.45, 7) is 8.04. The van der Waals surface area contributed by atoms with Crippen LogP contribution in [0.3, 0.4) is 0 Å². The first-order chi connectivity index (χ1) is 6.02. The van der Waals surface area contributed by atoms with E-state index in [1.807, 2.05) is 0 Å². The van der Waals surface area contributed by atoms with Crippen molar-refractivity contribution in [1.82, 2.24) is 10.6 Å². The lowest BCUT2D eigenvalue weighted by Gasteiger charge is -2.52. The van der Waals surface area contributed by atoms with Crippen LogP contribution in [0.1, 0.15) is 46.5 Å². The Labute approximate surface area is 81.5 Å². The second kappa shape index (κ2) is 2.96. The summed E-state index contributed by atoms with van der Waals surface area (Å²) in [6.07, 6.45) is 5.46. The summed E-state index contributed by atoms with van der Waals surface area (Å²) in [5.41, 5.74) is 0.648. The molecule has 1 heterocycles. The lowest BCUT2D eigenvalue weighted by molar-refractivity contribution is 0.0998. The van der Waals surface area contributed by atoms with Crippen molar-refractivity contribution in [3.63, 3.8) is 0 Å². The van der Waals surface area contributed by atoms with Crippen molar-refractivity contribution >= 4 is 0 Å². The lowest BCUT2D eigenvalue weighted by atomic mass is 9.75. The number of rotatable bonds is 0. The van der Waals surface area contributed by atoms with Crippen molar-refractivity contribution in [2.45, 2.75) is 63.6 Å². The highest BCUT2D eigenvalue weighted by atomic mass is 15.2. The molecule has 0 spiro atoms. The Balaban J connectivity index is 2.10. The molecule has 0 bridgehead atoms. The zero-order valence-electron chi connectivity index (χ0n) is 9.11. The molecular formula is C11H22N2. The van der Waals surface area contributed by atoms with Crippen molar-refractivity contribution < 1.29 is 0 Å². The fraction of sp³-hybridized carbons (Fsp3) is 1.00. The minimum absolute atomic E-state index is 0.279. The lowest BCUT2D eigenvalue weighted by Crippen LogP contribution is -2.72. The van der Waals surface area contributed by atoms with E-state index < -0.39 is 0 Å². The van der Waals surface area contributed by atoms with E-state index in [2.05, 4.69) is 31.4 Å². The van der Waals surface area contributed by atoms with Crippen molar-refractivity contribution in [3.05, 3.63) is 0 Å². The molecule has 2 rings (SSSR count). The molecule has 1 saturated carbocycles. The number of hydrogen-bond acceptors (Lipinski definition) is 2. The smallest absolute Gasteiger partial charge is 0.0307 e. The molecule has 2 heteroatoms. The zero-order chi connectivity index (χ0) is 9.53. The van der Waals surface area contributed by atoms with E-state index in [9.17, 15) is 0 Å². The molecule has 0 aromatic rings. The number of piperazine rings is 1. The summed E-state index contributed by atoms with van der Waals surface area (Å²) < 4.78 is 0. The van der Waals surface area contributed by atoms with Crippen molar-refractivity contribution in [2.24, 2.45) is 0 Å². The number of hydrogen-bond donors (Lipinski definition) is 2. The van der Waals surface area contributed by atoms with Gasteiger partial charge in [0, 0.05) is 23.7 Å². The molecule has 0 unspecified atom stereocenters. The van der Waals surface area contributed by atoms with Gasteiger partial charge in [0.1, 0.15) is 0 Å². The van der Waals surface area contributed by atoms with Gasteiger partial charge in [-0.2, -0.15) is 0 Å². The monoisotopic (exact) mass is 182 g/mol. The fourth-order valence-corrected chi connectivity index (χ4v) is 2.72. The molecule has 0 amide bonds. The highest BCUT2D eigenvalue weighted by Crippen LogP contribution is 2.32. The van der Waals surface area contributed by atoms with E-state index in [4.69, 9.17) is 0 Å². The average Bonchev–Trinajstić information content (AvgIpc) is 2.05. The Hall–Kier alpha value is -0.0800. The van der Waals surface area contributed by atoms with E-state index in [1.165, 1.54) is 25.7 Å². The van der Waals surface area contributed by atoms with Gasteiger partial charge in [0.25, 0.3) is 0 Å². The summed E-state index contributed by atoms with van der Waals surface area (Å²) in [7, 11) is 0. The Bertz CT molecular complexity index is 200. The topological polar surface area (TPSA) is 24.1 Å². The molecule has 2 fully saturated rings. The van der Waals surface area contributed by atoms with Gasteiger partial charge >= 0.3 is 0 Å². The maximum Gasteiger partial charge on any atom is 0.0307 e. The van der Waals surface area contributed by atoms with Gasteiger partial charge in [-0.1, -0.05) is 12.8 Å². The van der Waals surface area contributed by atoms with Crippen molar-refractivity contribution in [1.29, 1.82) is 0 Å². The van der Waals surface area contributed by atoms with Gasteiger partial charge in [-0.15, -0.1) is 0 Å². The summed E-state index contributed by atoms with van der Waals surface area (Å²) in [5.74, 6) is 0. The number of nitrogens with one attached hydrogen (secondary N) is 2. The molecule has 2 aliphatic rings. The summed E-state index contributed by atoms with van der Waals surface area (Å²) in [6, 6.07) is 0.685. The SMILES string of the molecule is CC1(C)CN[C@]2(C)CCCC[C@@H]2N1. The first kappa shape index (κ1) is 9.47. The molecule has 2 nitrogen and oxygen atoms in total. The normalized spacial score (nSPS) is 44.1. The molecule has 0 radical (unpaired) electrons. The van der Waals surface area contributed by atoms with E-state index in [0.29, 0.717) is 11.6 Å². The highest BCUT2D eigenvalue weighted by molar-refractivity contribution is 5.06. The van der Waals surface area contributed by atoms with E-state index in [1.54, 1.807) is 0 Å². The van der Waals surface area contributed by atoms with E-state index in [-0.39, 0.29) is 5.54 Å². The Morgan fingerprint density at radius 2 is 1.92 bits per heavy atom. The minimum Gasteiger partial charge on any atom is -0.308 e. The molecule has 2 atom stereocenters. The van der Waals surface area contributed by atoms with Gasteiger partial charge in [-0.05, 0) is 33.6 Å². The van der Waals surface area contributed by atoms with Crippen LogP contribution in [0.5, 0.6) is 0 Å². The predicted octanol–water partition coefficient (Wildman–Crippen LogP) is 1.66. The molecular weight excluding hydrogens is 160 g/mol. The van der Waals surface area contributed by atoms with E-state index in [0.717, 1.165) is 6.54 Å². The summed E-state index contributed by atoms with van der Waals surface area (Å²) in [5, 5.41) is 7.50. The van der Waals surface area contributed by atoms with Crippen LogP contribution in [-0.4, -0.2) is 23.7 Å². The quantitative estimate of drug-likeness (QED) is 0.595. The summed E-state index contributed by atoms with van der Waals surface area (Å²) in [4.78, 5) is 0. The van der Waals surface area contributed by atoms with Crippen molar-refractivity contribution in [3.8, 4) is 0 Å². The van der Waals surface area contributed by atoms with E-state index >= 15 is 0 Å². The van der Waals surface area contributed by atoms with Gasteiger partial charge in [-0.3, -0.25) is 0 Å². The fourth-order valence-electron chi connectivity index (χ4n) is 2.72. The average molecular weight is 182 g/mol. The third-order valence-electron chi connectivity index (χ3n) is 3.71. The maximum atomic E-state index is 3.77. The first-order valence-corrected chi connectivity index (χ1v) is 5.55. The van der Waals surface area contributed by atoms with Gasteiger partial charge in [0.05, 0.1) is 0 Å². The first-order valence-electron chi connectivity index (χ1n) is 5.55. The molecule has 0 aromatic heterocycles. The molecule has 1 aliphatic carbocycles. The van der Waals surface area contributed by atoms with Crippen LogP contribution in [-0.2, 0) is 0 Å². The highest BCUT2D eigenvalue weighted by Gasteiger charge is 2.42. The predicted molar refractivity (Wildman–Crippen MR) is 55.9 cm³/mol. The van der Waals surface area contributed by atoms with Gasteiger partial charge in [0.15, 0.2) is 0 Å². The Morgan fingerprint density at radius 1 is 1.15 bits per heavy atom. The third-order valence-corrected chi connectivity index (χ3v) is 3.71. The minimum atomic E-state index is 0.279. The molecule has 0 aromatic carbocycles. The van der Waals surface area contributed by atoms with Crippen LogP contribution >= 0.6 is 0 Å². The third kappa shape index (κ3) is 1.75. The van der Waals surface area contributed by atoms with Crippen LogP contribution in [0.2, 0.25) is 0 Å². The standard InChI is InChI=1S/C11H22N2/c1-10(2)8-12-11(3)7-5-4-6-9(11)13-10/h9,12-13H,4-8H2,1-3H3/t9-,11+/m0/s1. The second-order valence-corrected chi connectivity index (χ2v) is 5.60. The zero-order valence-corrected chi connectivity index (χ0v) is 9.11. The summed E-state index contributed by atoms with van der Waals surface area (Å²) >= 11 is 0. The van der Waals surface area contributed by atoms with Crippen LogP contribution < -0.4 is 10.6 Å². The van der Waals surface area contributed by atoms with Gasteiger partial charge in [0.2, 0.25) is 0 Å². The van der Waals surface area contributed by atoms with Crippen LogP contribution in [0.25, 0.3) is 0 Å². The molecule has 1 saturated heterocycles. The van der Waals surface area contributed by atoms with Crippen LogP contribution in [0.4, 0.5) is 0 Å². The van der Waals surface area contributed by atoms with Crippen molar-refractivity contribution in [2.75, 3.05) is 6.54 Å². The molecule has 1 aliphatic heterocycles. The van der Waals surface area contributed by atoms with Crippen LogP contribution in [0, 0.1) is 0 Å². The Morgan fingerprint density at radius 3 is 2.69 bits per heavy atom. The molecule has 76 valence electrons. The maximum absolute atomic E-state index is 3.77. The molecule has 2 N–H and O–H groups in total. The van der Waals surface area contributed by atoms with Gasteiger partial charge < -0.3 is 10.6 Å². The van der Waals surface area contributed by atoms with Gasteiger partial charge in [-0.25, -0.2) is 0 Å². The largest absolute Gasteiger partial charge is 0.308 e. The molecule has 13 heavy (non-hydrogen) atoms. The second-order valence-electron chi connectivity index (χ2n) is 5.60. The Kier molecular flexibility index (Phi) is 2.16. The number of fused-ring (bicyclic) bond motifs is 1.